The van der Waals surface area contributed by atoms with Crippen molar-refractivity contribution in [1.82, 2.24) is 0 Å². The summed E-state index contributed by atoms with van der Waals surface area (Å²) in [5.74, 6) is -2.50. The topological polar surface area (TPSA) is 172 Å². The predicted molar refractivity (Wildman–Crippen MR) is 253 cm³/mol. The minimum Gasteiger partial charge on any atom is -0.480 e. The fraction of sp³-hybridized carbons (Fsp3) is 0.620. The highest BCUT2D eigenvalue weighted by molar-refractivity contribution is 7.47. The molecule has 11 nitrogen and oxygen atoms in total. The van der Waals surface area contributed by atoms with Gasteiger partial charge in [0.1, 0.15) is 12.6 Å². The molecule has 0 saturated heterocycles. The average molecular weight is 888 g/mol. The number of unbranched alkanes of at least 4 members (excludes halogenated alkanes) is 12. The number of ether oxygens (including phenoxy) is 2. The summed E-state index contributed by atoms with van der Waals surface area (Å²) in [5.41, 5.74) is 5.34. The maximum Gasteiger partial charge on any atom is 0.472 e. The number of carbonyl (C=O) groups is 3. The van der Waals surface area contributed by atoms with Gasteiger partial charge in [-0.1, -0.05) is 169 Å². The molecule has 0 aromatic carbocycles. The molecule has 0 aliphatic rings. The normalized spacial score (nSPS) is 14.5. The van der Waals surface area contributed by atoms with Gasteiger partial charge in [0.15, 0.2) is 6.10 Å². The molecule has 4 N–H and O–H groups in total. The van der Waals surface area contributed by atoms with Crippen molar-refractivity contribution in [2.24, 2.45) is 5.73 Å². The number of esters is 2. The second-order valence-electron chi connectivity index (χ2n) is 15.1. The lowest BCUT2D eigenvalue weighted by Crippen LogP contribution is -2.34. The maximum absolute atomic E-state index is 12.7. The molecule has 0 aromatic rings. The van der Waals surface area contributed by atoms with Crippen LogP contribution in [0.4, 0.5) is 0 Å². The summed E-state index contributed by atoms with van der Waals surface area (Å²) in [6.45, 7) is 2.58. The lowest BCUT2D eigenvalue weighted by Gasteiger charge is -2.20. The summed E-state index contributed by atoms with van der Waals surface area (Å²) >= 11 is 0. The number of nitrogens with two attached hydrogens (primary N) is 1. The average Bonchev–Trinajstić information content (AvgIpc) is 3.25. The number of carboxylic acids is 1. The van der Waals surface area contributed by atoms with Crippen LogP contribution in [0, 0.1) is 0 Å². The number of carboxylic acid groups (broad SMARTS) is 1. The maximum atomic E-state index is 12.7. The molecule has 0 aliphatic carbocycles. The Kier molecular flexibility index (Phi) is 41.5. The molecule has 62 heavy (non-hydrogen) atoms. The molecule has 0 aromatic heterocycles. The molecule has 0 aliphatic heterocycles. The van der Waals surface area contributed by atoms with Crippen LogP contribution in [0.25, 0.3) is 0 Å². The molecule has 0 heterocycles. The van der Waals surface area contributed by atoms with Gasteiger partial charge in [-0.15, -0.1) is 0 Å². The van der Waals surface area contributed by atoms with Gasteiger partial charge < -0.3 is 25.2 Å². The van der Waals surface area contributed by atoms with Crippen LogP contribution in [0.15, 0.2) is 97.2 Å². The minimum absolute atomic E-state index is 0.0904. The molecule has 0 saturated carbocycles. The van der Waals surface area contributed by atoms with Gasteiger partial charge in [-0.2, -0.15) is 0 Å². The van der Waals surface area contributed by atoms with Crippen molar-refractivity contribution in [3.63, 3.8) is 0 Å². The molecular weight excluding hydrogens is 806 g/mol. The lowest BCUT2D eigenvalue weighted by atomic mass is 10.1. The van der Waals surface area contributed by atoms with Crippen LogP contribution < -0.4 is 5.73 Å². The van der Waals surface area contributed by atoms with Crippen LogP contribution >= 0.6 is 7.82 Å². The first kappa shape index (κ1) is 58.4. The molecule has 0 spiro atoms. The summed E-state index contributed by atoms with van der Waals surface area (Å²) in [4.78, 5) is 46.0. The third-order valence-corrected chi connectivity index (χ3v) is 10.3. The quantitative estimate of drug-likeness (QED) is 0.0230. The van der Waals surface area contributed by atoms with E-state index in [9.17, 15) is 23.8 Å². The third kappa shape index (κ3) is 43.1. The number of phosphoric ester groups is 1. The summed E-state index contributed by atoms with van der Waals surface area (Å²) in [6.07, 6.45) is 56.2. The first-order chi connectivity index (χ1) is 30.1. The van der Waals surface area contributed by atoms with Crippen LogP contribution in [0.3, 0.4) is 0 Å². The Labute approximate surface area is 375 Å². The molecule has 3 atom stereocenters. The molecule has 1 unspecified atom stereocenters. The van der Waals surface area contributed by atoms with Crippen molar-refractivity contribution >= 4 is 25.7 Å². The van der Waals surface area contributed by atoms with E-state index in [4.69, 9.17) is 24.8 Å². The zero-order valence-electron chi connectivity index (χ0n) is 38.2. The monoisotopic (exact) mass is 888 g/mol. The van der Waals surface area contributed by atoms with Crippen LogP contribution in [0.2, 0.25) is 0 Å². The van der Waals surface area contributed by atoms with Crippen LogP contribution in [0.5, 0.6) is 0 Å². The molecular formula is C50H82NO10P. The van der Waals surface area contributed by atoms with Gasteiger partial charge in [0.05, 0.1) is 13.2 Å². The predicted octanol–water partition coefficient (Wildman–Crippen LogP) is 12.8. The van der Waals surface area contributed by atoms with Gasteiger partial charge in [0, 0.05) is 12.8 Å². The SMILES string of the molecule is CC/C=C/C/C=C/C/C=C/C/C=C/C/C=C/C/C=C/CCC(=O)OC[C@H](COP(=O)(O)OC[C@H](N)C(=O)O)OC(=O)CCCCCCCCCCC/C=C/C/C=C/CCCCC. The number of hydrogen-bond acceptors (Lipinski definition) is 9. The van der Waals surface area contributed by atoms with Crippen molar-refractivity contribution < 1.29 is 47.5 Å². The van der Waals surface area contributed by atoms with E-state index in [2.05, 4.69) is 103 Å². The standard InChI is InChI=1S/C50H82NO10P/c1-3-5-7-9-11-13-15-17-19-21-23-25-27-29-31-33-35-37-39-41-48(52)58-43-46(44-59-62(56,57)60-45-47(51)50(54)55)61-49(53)42-40-38-36-34-32-30-28-26-24-22-20-18-16-14-12-10-8-6-4-2/h5,7,11-14,17-20,23,25,29,31,35,37,46-47H,3-4,6,8-10,15-16,21-22,24,26-28,30,32-34,36,38-45,51H2,1-2H3,(H,54,55)(H,56,57)/b7-5+,13-11+,14-12+,19-17+,20-18+,25-23+,31-29+,37-35+/t46-,47+/m1/s1. The van der Waals surface area contributed by atoms with E-state index in [0.29, 0.717) is 12.8 Å². The van der Waals surface area contributed by atoms with Crippen molar-refractivity contribution in [1.29, 1.82) is 0 Å². The van der Waals surface area contributed by atoms with E-state index in [0.717, 1.165) is 77.0 Å². The lowest BCUT2D eigenvalue weighted by molar-refractivity contribution is -0.161. The van der Waals surface area contributed by atoms with Crippen LogP contribution in [0.1, 0.15) is 168 Å². The second kappa shape index (κ2) is 44.0. The van der Waals surface area contributed by atoms with E-state index < -0.39 is 57.7 Å². The Balaban J connectivity index is 4.46. The van der Waals surface area contributed by atoms with Crippen molar-refractivity contribution in [2.45, 2.75) is 180 Å². The van der Waals surface area contributed by atoms with Gasteiger partial charge in [-0.25, -0.2) is 4.57 Å². The molecule has 0 rings (SSSR count). The first-order valence-corrected chi connectivity index (χ1v) is 24.8. The summed E-state index contributed by atoms with van der Waals surface area (Å²) in [7, 11) is -4.74. The summed E-state index contributed by atoms with van der Waals surface area (Å²) in [6, 6.07) is -1.54. The van der Waals surface area contributed by atoms with E-state index in [1.54, 1.807) is 0 Å². The Hall–Kier alpha value is -3.60. The summed E-state index contributed by atoms with van der Waals surface area (Å²) < 4.78 is 32.7. The minimum atomic E-state index is -4.74. The molecule has 0 bridgehead atoms. The van der Waals surface area contributed by atoms with Crippen molar-refractivity contribution in [2.75, 3.05) is 19.8 Å². The van der Waals surface area contributed by atoms with Gasteiger partial charge in [-0.3, -0.25) is 23.4 Å². The van der Waals surface area contributed by atoms with E-state index in [1.165, 1.54) is 51.4 Å². The van der Waals surface area contributed by atoms with Gasteiger partial charge in [0.2, 0.25) is 0 Å². The zero-order chi connectivity index (χ0) is 45.6. The van der Waals surface area contributed by atoms with Crippen molar-refractivity contribution in [3.05, 3.63) is 97.2 Å². The van der Waals surface area contributed by atoms with Crippen molar-refractivity contribution in [3.8, 4) is 0 Å². The Morgan fingerprint density at radius 1 is 0.516 bits per heavy atom. The van der Waals surface area contributed by atoms with Crippen LogP contribution in [-0.2, 0) is 37.5 Å². The molecule has 352 valence electrons. The zero-order valence-corrected chi connectivity index (χ0v) is 39.1. The third-order valence-electron chi connectivity index (χ3n) is 9.33. The number of aliphatic carboxylic acids is 1. The fourth-order valence-corrected chi connectivity index (χ4v) is 6.49. The molecule has 0 fully saturated rings. The highest BCUT2D eigenvalue weighted by Crippen LogP contribution is 2.43. The summed E-state index contributed by atoms with van der Waals surface area (Å²) in [5, 5.41) is 8.90. The second-order valence-corrected chi connectivity index (χ2v) is 16.6. The highest BCUT2D eigenvalue weighted by Gasteiger charge is 2.28. The van der Waals surface area contributed by atoms with Crippen LogP contribution in [-0.4, -0.2) is 59.9 Å². The first-order valence-electron chi connectivity index (χ1n) is 23.3. The molecule has 0 amide bonds. The number of rotatable bonds is 42. The molecule has 12 heteroatoms. The Bertz CT molecular complexity index is 1410. The van der Waals surface area contributed by atoms with E-state index in [1.807, 2.05) is 12.2 Å². The Morgan fingerprint density at radius 3 is 1.42 bits per heavy atom. The smallest absolute Gasteiger partial charge is 0.472 e. The van der Waals surface area contributed by atoms with E-state index in [-0.39, 0.29) is 12.8 Å². The number of carbonyl (C=O) groups excluding carboxylic acids is 2. The fourth-order valence-electron chi connectivity index (χ4n) is 5.71. The Morgan fingerprint density at radius 2 is 0.935 bits per heavy atom. The highest BCUT2D eigenvalue weighted by atomic mass is 31.2. The largest absolute Gasteiger partial charge is 0.480 e. The number of hydrogen-bond donors (Lipinski definition) is 3. The number of allylic oxidation sites excluding steroid dienone is 16. The molecule has 0 radical (unpaired) electrons. The van der Waals surface area contributed by atoms with Gasteiger partial charge in [-0.05, 0) is 83.5 Å². The van der Waals surface area contributed by atoms with E-state index >= 15 is 0 Å². The number of phosphoric acid groups is 1. The van der Waals surface area contributed by atoms with Gasteiger partial charge >= 0.3 is 25.7 Å². The van der Waals surface area contributed by atoms with Gasteiger partial charge in [0.25, 0.3) is 0 Å².